The summed E-state index contributed by atoms with van der Waals surface area (Å²) in [6.45, 7) is 3.79. The maximum atomic E-state index is 12.2. The Morgan fingerprint density at radius 1 is 1.12 bits per heavy atom. The molecular weight excluding hydrogens is 386 g/mol. The number of nitrogens with one attached hydrogen (secondary N) is 2. The van der Waals surface area contributed by atoms with Gasteiger partial charge < -0.3 is 15.5 Å². The van der Waals surface area contributed by atoms with E-state index in [9.17, 15) is 14.4 Å². The van der Waals surface area contributed by atoms with Crippen molar-refractivity contribution < 1.29 is 14.4 Å². The Labute approximate surface area is 156 Å². The van der Waals surface area contributed by atoms with E-state index < -0.39 is 0 Å². The maximum absolute atomic E-state index is 12.2. The van der Waals surface area contributed by atoms with E-state index in [-0.39, 0.29) is 30.2 Å². The van der Waals surface area contributed by atoms with E-state index in [4.69, 9.17) is 0 Å². The third-order valence-corrected chi connectivity index (χ3v) is 4.80. The van der Waals surface area contributed by atoms with Crippen molar-refractivity contribution in [2.24, 2.45) is 5.92 Å². The van der Waals surface area contributed by atoms with E-state index in [1.54, 1.807) is 29.2 Å². The van der Waals surface area contributed by atoms with Crippen LogP contribution in [0.5, 0.6) is 0 Å². The molecule has 25 heavy (non-hydrogen) atoms. The van der Waals surface area contributed by atoms with Crippen LogP contribution in [-0.4, -0.2) is 48.8 Å². The van der Waals surface area contributed by atoms with Crippen LogP contribution in [0.15, 0.2) is 28.7 Å². The van der Waals surface area contributed by atoms with Crippen LogP contribution in [0.2, 0.25) is 0 Å². The largest absolute Gasteiger partial charge is 0.356 e. The average Bonchev–Trinajstić information content (AvgIpc) is 2.64. The van der Waals surface area contributed by atoms with Gasteiger partial charge in [0, 0.05) is 35.6 Å². The summed E-state index contributed by atoms with van der Waals surface area (Å²) in [5, 5.41) is 5.56. The highest BCUT2D eigenvalue weighted by Crippen LogP contribution is 2.17. The molecule has 2 rings (SSSR count). The number of hydrogen-bond donors (Lipinski definition) is 2. The highest BCUT2D eigenvalue weighted by Gasteiger charge is 2.27. The standard InChI is InChI=1S/C18H24BrN3O3/c1-2-9-20-17(24)14-7-10-22(11-8-14)16(23)12-21-18(25)13-3-5-15(19)6-4-13/h3-6,14H,2,7-12H2,1H3,(H,20,24)(H,21,25). The van der Waals surface area contributed by atoms with Crippen LogP contribution in [0.3, 0.4) is 0 Å². The van der Waals surface area contributed by atoms with Gasteiger partial charge in [0.05, 0.1) is 6.54 Å². The molecule has 0 atom stereocenters. The predicted molar refractivity (Wildman–Crippen MR) is 99.1 cm³/mol. The lowest BCUT2D eigenvalue weighted by molar-refractivity contribution is -0.134. The molecule has 3 amide bonds. The maximum Gasteiger partial charge on any atom is 0.251 e. The first-order valence-electron chi connectivity index (χ1n) is 8.60. The fraction of sp³-hybridized carbons (Fsp3) is 0.500. The van der Waals surface area contributed by atoms with E-state index in [0.29, 0.717) is 38.0 Å². The summed E-state index contributed by atoms with van der Waals surface area (Å²) in [5.74, 6) is -0.321. The van der Waals surface area contributed by atoms with Crippen LogP contribution in [0.1, 0.15) is 36.5 Å². The molecule has 1 aromatic carbocycles. The minimum atomic E-state index is -0.269. The van der Waals surface area contributed by atoms with Crippen LogP contribution >= 0.6 is 15.9 Å². The van der Waals surface area contributed by atoms with E-state index in [1.165, 1.54) is 0 Å². The normalized spacial score (nSPS) is 14.9. The Morgan fingerprint density at radius 2 is 1.76 bits per heavy atom. The Morgan fingerprint density at radius 3 is 2.36 bits per heavy atom. The smallest absolute Gasteiger partial charge is 0.251 e. The van der Waals surface area contributed by atoms with E-state index in [1.807, 2.05) is 6.92 Å². The monoisotopic (exact) mass is 409 g/mol. The molecule has 0 saturated carbocycles. The van der Waals surface area contributed by atoms with Crippen LogP contribution in [0.4, 0.5) is 0 Å². The molecule has 7 heteroatoms. The zero-order valence-corrected chi connectivity index (χ0v) is 16.0. The van der Waals surface area contributed by atoms with Crippen molar-refractivity contribution in [3.63, 3.8) is 0 Å². The zero-order chi connectivity index (χ0) is 18.2. The molecule has 1 aliphatic heterocycles. The van der Waals surface area contributed by atoms with Crippen molar-refractivity contribution in [3.05, 3.63) is 34.3 Å². The minimum absolute atomic E-state index is 0.0204. The second-order valence-corrected chi connectivity index (χ2v) is 7.05. The highest BCUT2D eigenvalue weighted by molar-refractivity contribution is 9.10. The first-order valence-corrected chi connectivity index (χ1v) is 9.39. The first-order chi connectivity index (χ1) is 12.0. The molecule has 2 N–H and O–H groups in total. The Hall–Kier alpha value is -1.89. The quantitative estimate of drug-likeness (QED) is 0.753. The number of halogens is 1. The lowest BCUT2D eigenvalue weighted by Crippen LogP contribution is -2.46. The molecule has 0 unspecified atom stereocenters. The number of benzene rings is 1. The van der Waals surface area contributed by atoms with Gasteiger partial charge in [-0.25, -0.2) is 0 Å². The third kappa shape index (κ3) is 5.85. The number of rotatable bonds is 6. The molecule has 1 heterocycles. The molecule has 1 aliphatic rings. The molecule has 0 radical (unpaired) electrons. The number of amides is 3. The molecule has 136 valence electrons. The second-order valence-electron chi connectivity index (χ2n) is 6.14. The van der Waals surface area contributed by atoms with Gasteiger partial charge in [0.25, 0.3) is 5.91 Å². The molecule has 0 aliphatic carbocycles. The van der Waals surface area contributed by atoms with Crippen LogP contribution in [0, 0.1) is 5.92 Å². The van der Waals surface area contributed by atoms with Gasteiger partial charge in [0.2, 0.25) is 11.8 Å². The summed E-state index contributed by atoms with van der Waals surface area (Å²) >= 11 is 3.32. The van der Waals surface area contributed by atoms with Crippen molar-refractivity contribution in [1.29, 1.82) is 0 Å². The molecule has 0 bridgehead atoms. The predicted octanol–water partition coefficient (Wildman–Crippen LogP) is 1.94. The average molecular weight is 410 g/mol. The van der Waals surface area contributed by atoms with Gasteiger partial charge in [-0.2, -0.15) is 0 Å². The molecule has 1 saturated heterocycles. The summed E-state index contributed by atoms with van der Waals surface area (Å²) in [4.78, 5) is 37.9. The summed E-state index contributed by atoms with van der Waals surface area (Å²) < 4.78 is 0.894. The number of hydrogen-bond acceptors (Lipinski definition) is 3. The number of likely N-dealkylation sites (tertiary alicyclic amines) is 1. The van der Waals surface area contributed by atoms with Crippen molar-refractivity contribution in [2.45, 2.75) is 26.2 Å². The SMILES string of the molecule is CCCNC(=O)C1CCN(C(=O)CNC(=O)c2ccc(Br)cc2)CC1. The Kier molecular flexibility index (Phi) is 7.43. The van der Waals surface area contributed by atoms with E-state index in [2.05, 4.69) is 26.6 Å². The lowest BCUT2D eigenvalue weighted by atomic mass is 9.96. The molecule has 1 fully saturated rings. The van der Waals surface area contributed by atoms with E-state index >= 15 is 0 Å². The van der Waals surface area contributed by atoms with Crippen LogP contribution in [0.25, 0.3) is 0 Å². The summed E-state index contributed by atoms with van der Waals surface area (Å²) in [5.41, 5.74) is 0.516. The lowest BCUT2D eigenvalue weighted by Gasteiger charge is -2.31. The first kappa shape index (κ1) is 19.4. The van der Waals surface area contributed by atoms with Crippen molar-refractivity contribution in [3.8, 4) is 0 Å². The van der Waals surface area contributed by atoms with E-state index in [0.717, 1.165) is 10.9 Å². The van der Waals surface area contributed by atoms with Crippen molar-refractivity contribution in [1.82, 2.24) is 15.5 Å². The number of carbonyl (C=O) groups excluding carboxylic acids is 3. The van der Waals surface area contributed by atoms with Gasteiger partial charge in [-0.3, -0.25) is 14.4 Å². The van der Waals surface area contributed by atoms with Gasteiger partial charge in [0.1, 0.15) is 0 Å². The summed E-state index contributed by atoms with van der Waals surface area (Å²) in [7, 11) is 0. The summed E-state index contributed by atoms with van der Waals surface area (Å²) in [6.07, 6.45) is 2.25. The van der Waals surface area contributed by atoms with Gasteiger partial charge in [-0.1, -0.05) is 22.9 Å². The molecule has 0 aromatic heterocycles. The summed E-state index contributed by atoms with van der Waals surface area (Å²) in [6, 6.07) is 6.96. The van der Waals surface area contributed by atoms with Gasteiger partial charge in [-0.05, 0) is 43.5 Å². The fourth-order valence-electron chi connectivity index (χ4n) is 2.75. The number of carbonyl (C=O) groups is 3. The Balaban J connectivity index is 1.74. The third-order valence-electron chi connectivity index (χ3n) is 4.27. The number of nitrogens with zero attached hydrogens (tertiary/aromatic N) is 1. The Bertz CT molecular complexity index is 610. The molecular formula is C18H24BrN3O3. The number of piperidine rings is 1. The topological polar surface area (TPSA) is 78.5 Å². The molecule has 6 nitrogen and oxygen atoms in total. The van der Waals surface area contributed by atoms with Crippen molar-refractivity contribution >= 4 is 33.7 Å². The fourth-order valence-corrected chi connectivity index (χ4v) is 3.02. The molecule has 0 spiro atoms. The minimum Gasteiger partial charge on any atom is -0.356 e. The highest BCUT2D eigenvalue weighted by atomic mass is 79.9. The van der Waals surface area contributed by atoms with Gasteiger partial charge in [-0.15, -0.1) is 0 Å². The van der Waals surface area contributed by atoms with Crippen molar-refractivity contribution in [2.75, 3.05) is 26.2 Å². The van der Waals surface area contributed by atoms with Gasteiger partial charge >= 0.3 is 0 Å². The van der Waals surface area contributed by atoms with Crippen LogP contribution < -0.4 is 10.6 Å². The zero-order valence-electron chi connectivity index (χ0n) is 14.4. The van der Waals surface area contributed by atoms with Crippen LogP contribution in [-0.2, 0) is 9.59 Å². The second kappa shape index (κ2) is 9.56. The van der Waals surface area contributed by atoms with Gasteiger partial charge in [0.15, 0.2) is 0 Å². The molecule has 1 aromatic rings.